The first kappa shape index (κ1) is 14.6. The van der Waals surface area contributed by atoms with Crippen LogP contribution in [0, 0.1) is 12.8 Å². The number of carbonyl (C=O) groups is 2. The summed E-state index contributed by atoms with van der Waals surface area (Å²) in [5, 5.41) is 2.97. The molecule has 1 atom stereocenters. The minimum absolute atomic E-state index is 0.0523. The van der Waals surface area contributed by atoms with E-state index in [1.54, 1.807) is 11.8 Å². The summed E-state index contributed by atoms with van der Waals surface area (Å²) in [5.41, 5.74) is 2.31. The van der Waals surface area contributed by atoms with E-state index in [-0.39, 0.29) is 17.7 Å². The molecule has 4 nitrogen and oxygen atoms in total. The SMILES string of the molecule is CC(=O)N1CCCC(C(=O)NCc2ccc(C)cc2)C1. The second-order valence-electron chi connectivity index (χ2n) is 5.51. The number of benzene rings is 1. The van der Waals surface area contributed by atoms with Crippen LogP contribution in [0.3, 0.4) is 0 Å². The highest BCUT2D eigenvalue weighted by atomic mass is 16.2. The van der Waals surface area contributed by atoms with Crippen LogP contribution in [0.2, 0.25) is 0 Å². The van der Waals surface area contributed by atoms with Gasteiger partial charge in [0.25, 0.3) is 0 Å². The number of amides is 2. The normalized spacial score (nSPS) is 18.7. The monoisotopic (exact) mass is 274 g/mol. The molecule has 1 aliphatic heterocycles. The van der Waals surface area contributed by atoms with Crippen molar-refractivity contribution in [3.63, 3.8) is 0 Å². The lowest BCUT2D eigenvalue weighted by atomic mass is 9.97. The number of nitrogens with zero attached hydrogens (tertiary/aromatic N) is 1. The zero-order chi connectivity index (χ0) is 14.5. The maximum absolute atomic E-state index is 12.2. The number of hydrogen-bond acceptors (Lipinski definition) is 2. The fraction of sp³-hybridized carbons (Fsp3) is 0.500. The van der Waals surface area contributed by atoms with Crippen molar-refractivity contribution in [1.29, 1.82) is 0 Å². The van der Waals surface area contributed by atoms with Gasteiger partial charge in [-0.15, -0.1) is 0 Å². The average molecular weight is 274 g/mol. The Morgan fingerprint density at radius 3 is 2.65 bits per heavy atom. The molecule has 1 heterocycles. The lowest BCUT2D eigenvalue weighted by Crippen LogP contribution is -2.44. The molecule has 0 radical (unpaired) electrons. The van der Waals surface area contributed by atoms with Crippen molar-refractivity contribution in [2.24, 2.45) is 5.92 Å². The largest absolute Gasteiger partial charge is 0.352 e. The van der Waals surface area contributed by atoms with Crippen LogP contribution in [0.5, 0.6) is 0 Å². The summed E-state index contributed by atoms with van der Waals surface area (Å²) in [6.07, 6.45) is 1.77. The lowest BCUT2D eigenvalue weighted by Gasteiger charge is -2.31. The molecule has 0 aliphatic carbocycles. The molecule has 1 saturated heterocycles. The first-order valence-electron chi connectivity index (χ1n) is 7.15. The van der Waals surface area contributed by atoms with Gasteiger partial charge in [0.1, 0.15) is 0 Å². The van der Waals surface area contributed by atoms with E-state index in [9.17, 15) is 9.59 Å². The van der Waals surface area contributed by atoms with Gasteiger partial charge in [-0.05, 0) is 25.3 Å². The summed E-state index contributed by atoms with van der Waals surface area (Å²) in [6.45, 7) is 5.48. The van der Waals surface area contributed by atoms with Crippen molar-refractivity contribution in [3.05, 3.63) is 35.4 Å². The van der Waals surface area contributed by atoms with E-state index in [0.29, 0.717) is 13.1 Å². The predicted octanol–water partition coefficient (Wildman–Crippen LogP) is 1.87. The van der Waals surface area contributed by atoms with Gasteiger partial charge in [0.05, 0.1) is 5.92 Å². The molecule has 1 aromatic rings. The van der Waals surface area contributed by atoms with Crippen LogP contribution in [0.15, 0.2) is 24.3 Å². The van der Waals surface area contributed by atoms with Crippen LogP contribution < -0.4 is 5.32 Å². The van der Waals surface area contributed by atoms with Crippen molar-refractivity contribution in [2.45, 2.75) is 33.2 Å². The van der Waals surface area contributed by atoms with Gasteiger partial charge < -0.3 is 10.2 Å². The Labute approximate surface area is 120 Å². The molecule has 0 bridgehead atoms. The van der Waals surface area contributed by atoms with Gasteiger partial charge in [-0.2, -0.15) is 0 Å². The van der Waals surface area contributed by atoms with Crippen LogP contribution in [-0.4, -0.2) is 29.8 Å². The third-order valence-corrected chi connectivity index (χ3v) is 3.82. The third kappa shape index (κ3) is 3.83. The van der Waals surface area contributed by atoms with E-state index >= 15 is 0 Å². The van der Waals surface area contributed by atoms with E-state index in [1.165, 1.54) is 5.56 Å². The van der Waals surface area contributed by atoms with Crippen LogP contribution in [0.4, 0.5) is 0 Å². The Morgan fingerprint density at radius 1 is 1.30 bits per heavy atom. The minimum Gasteiger partial charge on any atom is -0.352 e. The van der Waals surface area contributed by atoms with E-state index < -0.39 is 0 Å². The first-order chi connectivity index (χ1) is 9.56. The van der Waals surface area contributed by atoms with Crippen LogP contribution >= 0.6 is 0 Å². The molecular formula is C16H22N2O2. The van der Waals surface area contributed by atoms with Crippen LogP contribution in [-0.2, 0) is 16.1 Å². The van der Waals surface area contributed by atoms with Crippen LogP contribution in [0.25, 0.3) is 0 Å². The second-order valence-corrected chi connectivity index (χ2v) is 5.51. The Kier molecular flexibility index (Phi) is 4.77. The molecule has 0 spiro atoms. The van der Waals surface area contributed by atoms with Crippen molar-refractivity contribution < 1.29 is 9.59 Å². The molecule has 20 heavy (non-hydrogen) atoms. The predicted molar refractivity (Wildman–Crippen MR) is 78.0 cm³/mol. The van der Waals surface area contributed by atoms with Gasteiger partial charge >= 0.3 is 0 Å². The Hall–Kier alpha value is -1.84. The minimum atomic E-state index is -0.0712. The Morgan fingerprint density at radius 2 is 2.00 bits per heavy atom. The molecule has 4 heteroatoms. The van der Waals surface area contributed by atoms with Gasteiger partial charge in [0, 0.05) is 26.6 Å². The number of hydrogen-bond donors (Lipinski definition) is 1. The van der Waals surface area contributed by atoms with Crippen molar-refractivity contribution in [1.82, 2.24) is 10.2 Å². The molecule has 0 aromatic heterocycles. The van der Waals surface area contributed by atoms with Gasteiger partial charge in [-0.1, -0.05) is 29.8 Å². The maximum Gasteiger partial charge on any atom is 0.225 e. The van der Waals surface area contributed by atoms with Gasteiger partial charge in [-0.25, -0.2) is 0 Å². The molecule has 0 saturated carbocycles. The molecule has 1 N–H and O–H groups in total. The molecular weight excluding hydrogens is 252 g/mol. The van der Waals surface area contributed by atoms with Gasteiger partial charge in [0.2, 0.25) is 11.8 Å². The Bertz CT molecular complexity index is 482. The smallest absolute Gasteiger partial charge is 0.225 e. The fourth-order valence-corrected chi connectivity index (χ4v) is 2.52. The van der Waals surface area contributed by atoms with E-state index in [1.807, 2.05) is 31.2 Å². The van der Waals surface area contributed by atoms with Crippen molar-refractivity contribution in [3.8, 4) is 0 Å². The number of rotatable bonds is 3. The number of likely N-dealkylation sites (tertiary alicyclic amines) is 1. The molecule has 1 aliphatic rings. The van der Waals surface area contributed by atoms with Gasteiger partial charge in [-0.3, -0.25) is 9.59 Å². The molecule has 2 rings (SSSR count). The quantitative estimate of drug-likeness (QED) is 0.914. The standard InChI is InChI=1S/C16H22N2O2/c1-12-5-7-14(8-6-12)10-17-16(20)15-4-3-9-18(11-15)13(2)19/h5-8,15H,3-4,9-11H2,1-2H3,(H,17,20). The summed E-state index contributed by atoms with van der Waals surface area (Å²) < 4.78 is 0. The van der Waals surface area contributed by atoms with Crippen molar-refractivity contribution in [2.75, 3.05) is 13.1 Å². The zero-order valence-electron chi connectivity index (χ0n) is 12.2. The number of carbonyl (C=O) groups excluding carboxylic acids is 2. The molecule has 1 aromatic carbocycles. The highest BCUT2D eigenvalue weighted by Crippen LogP contribution is 2.16. The number of nitrogens with one attached hydrogen (secondary N) is 1. The summed E-state index contributed by atoms with van der Waals surface area (Å²) in [5.74, 6) is 0.0376. The molecule has 2 amide bonds. The molecule has 1 fully saturated rings. The fourth-order valence-electron chi connectivity index (χ4n) is 2.52. The molecule has 1 unspecified atom stereocenters. The summed E-state index contributed by atoms with van der Waals surface area (Å²) in [4.78, 5) is 25.3. The van der Waals surface area contributed by atoms with E-state index in [0.717, 1.165) is 24.9 Å². The Balaban J connectivity index is 1.85. The number of piperidine rings is 1. The zero-order valence-corrected chi connectivity index (χ0v) is 12.2. The van der Waals surface area contributed by atoms with Gasteiger partial charge in [0.15, 0.2) is 0 Å². The van der Waals surface area contributed by atoms with E-state index in [4.69, 9.17) is 0 Å². The van der Waals surface area contributed by atoms with Crippen LogP contribution in [0.1, 0.15) is 30.9 Å². The summed E-state index contributed by atoms with van der Waals surface area (Å²) in [6, 6.07) is 8.13. The summed E-state index contributed by atoms with van der Waals surface area (Å²) in [7, 11) is 0. The maximum atomic E-state index is 12.2. The highest BCUT2D eigenvalue weighted by Gasteiger charge is 2.26. The molecule has 108 valence electrons. The summed E-state index contributed by atoms with van der Waals surface area (Å²) >= 11 is 0. The topological polar surface area (TPSA) is 49.4 Å². The number of aryl methyl sites for hydroxylation is 1. The lowest BCUT2D eigenvalue weighted by molar-refractivity contribution is -0.134. The third-order valence-electron chi connectivity index (χ3n) is 3.82. The second kappa shape index (κ2) is 6.55. The highest BCUT2D eigenvalue weighted by molar-refractivity contribution is 5.80. The van der Waals surface area contributed by atoms with Crippen molar-refractivity contribution >= 4 is 11.8 Å². The average Bonchev–Trinajstić information content (AvgIpc) is 2.46. The van der Waals surface area contributed by atoms with E-state index in [2.05, 4.69) is 5.32 Å². The first-order valence-corrected chi connectivity index (χ1v) is 7.15.